The summed E-state index contributed by atoms with van der Waals surface area (Å²) in [5.74, 6) is -1.18. The van der Waals surface area contributed by atoms with Crippen molar-refractivity contribution in [3.63, 3.8) is 0 Å². The number of nitrogens with two attached hydrogens (primary N) is 1. The normalized spacial score (nSPS) is 11.4. The van der Waals surface area contributed by atoms with Crippen LogP contribution in [-0.2, 0) is 9.53 Å². The zero-order valence-corrected chi connectivity index (χ0v) is 14.2. The second-order valence-corrected chi connectivity index (χ2v) is 5.72. The van der Waals surface area contributed by atoms with Crippen molar-refractivity contribution in [1.82, 2.24) is 5.32 Å². The fourth-order valence-electron chi connectivity index (χ4n) is 2.26. The number of hydrogen-bond acceptors (Lipinski definition) is 6. The number of carbonyl (C=O) groups excluding carboxylic acids is 2. The molecule has 0 aliphatic carbocycles. The van der Waals surface area contributed by atoms with Gasteiger partial charge >= 0.3 is 5.97 Å². The lowest BCUT2D eigenvalue weighted by Gasteiger charge is -2.13. The molecule has 0 saturated carbocycles. The van der Waals surface area contributed by atoms with Crippen molar-refractivity contribution in [2.24, 2.45) is 0 Å². The molecule has 0 saturated heterocycles. The summed E-state index contributed by atoms with van der Waals surface area (Å²) >= 11 is 0. The molecule has 0 unspecified atom stereocenters. The summed E-state index contributed by atoms with van der Waals surface area (Å²) < 4.78 is 4.89. The Kier molecular flexibility index (Phi) is 6.26. The maximum absolute atomic E-state index is 11.9. The van der Waals surface area contributed by atoms with Crippen LogP contribution in [0.25, 0.3) is 0 Å². The molecule has 0 radical (unpaired) electrons. The number of nitrogens with zero attached hydrogens (tertiary/aromatic N) is 1. The first kappa shape index (κ1) is 18.9. The number of nitro benzene ring substituents is 1. The quantitative estimate of drug-likeness (QED) is 0.339. The highest BCUT2D eigenvalue weighted by Gasteiger charge is 2.17. The largest absolute Gasteiger partial charge is 0.452 e. The second kappa shape index (κ2) is 8.61. The standard InChI is InChI=1S/C18H19N3O5/c1-12(13-5-3-2-4-6-13)10-20-17(22)11-26-18(23)14-7-8-15(19)16(9-14)21(24)25/h2-9,12H,10-11,19H2,1H3,(H,20,22)/t12-/m0/s1. The molecular formula is C18H19N3O5. The number of nitro groups is 1. The lowest BCUT2D eigenvalue weighted by atomic mass is 10.0. The van der Waals surface area contributed by atoms with E-state index in [0.29, 0.717) is 6.54 Å². The van der Waals surface area contributed by atoms with Gasteiger partial charge in [0.1, 0.15) is 5.69 Å². The highest BCUT2D eigenvalue weighted by atomic mass is 16.6. The molecule has 136 valence electrons. The molecule has 0 fully saturated rings. The van der Waals surface area contributed by atoms with Gasteiger partial charge in [0.15, 0.2) is 6.61 Å². The van der Waals surface area contributed by atoms with Crippen LogP contribution in [-0.4, -0.2) is 30.0 Å². The van der Waals surface area contributed by atoms with Gasteiger partial charge in [0, 0.05) is 12.6 Å². The van der Waals surface area contributed by atoms with Crippen molar-refractivity contribution in [1.29, 1.82) is 0 Å². The SMILES string of the molecule is C[C@@H](CNC(=O)COC(=O)c1ccc(N)c([N+](=O)[O-])c1)c1ccccc1. The van der Waals surface area contributed by atoms with Crippen molar-refractivity contribution in [3.05, 3.63) is 69.8 Å². The van der Waals surface area contributed by atoms with E-state index in [2.05, 4.69) is 5.32 Å². The Labute approximate surface area is 150 Å². The van der Waals surface area contributed by atoms with Gasteiger partial charge in [-0.1, -0.05) is 37.3 Å². The van der Waals surface area contributed by atoms with Crippen LogP contribution in [0.3, 0.4) is 0 Å². The highest BCUT2D eigenvalue weighted by Crippen LogP contribution is 2.22. The van der Waals surface area contributed by atoms with Crippen molar-refractivity contribution in [3.8, 4) is 0 Å². The third kappa shape index (κ3) is 5.04. The number of nitrogens with one attached hydrogen (secondary N) is 1. The minimum absolute atomic E-state index is 0.0450. The summed E-state index contributed by atoms with van der Waals surface area (Å²) in [6.45, 7) is 1.89. The van der Waals surface area contributed by atoms with E-state index in [0.717, 1.165) is 11.6 Å². The topological polar surface area (TPSA) is 125 Å². The van der Waals surface area contributed by atoms with Crippen LogP contribution >= 0.6 is 0 Å². The Morgan fingerprint density at radius 3 is 2.58 bits per heavy atom. The smallest absolute Gasteiger partial charge is 0.338 e. The van der Waals surface area contributed by atoms with E-state index in [4.69, 9.17) is 10.5 Å². The van der Waals surface area contributed by atoms with Crippen LogP contribution in [0.5, 0.6) is 0 Å². The summed E-state index contributed by atoms with van der Waals surface area (Å²) in [7, 11) is 0. The number of carbonyl (C=O) groups is 2. The average Bonchev–Trinajstić information content (AvgIpc) is 2.64. The molecule has 8 nitrogen and oxygen atoms in total. The molecule has 0 aromatic heterocycles. The van der Waals surface area contributed by atoms with Gasteiger partial charge in [-0.15, -0.1) is 0 Å². The van der Waals surface area contributed by atoms with Gasteiger partial charge in [-0.2, -0.15) is 0 Å². The monoisotopic (exact) mass is 357 g/mol. The Morgan fingerprint density at radius 2 is 1.92 bits per heavy atom. The molecule has 8 heteroatoms. The average molecular weight is 357 g/mol. The van der Waals surface area contributed by atoms with Gasteiger partial charge in [-0.05, 0) is 23.6 Å². The van der Waals surface area contributed by atoms with Crippen LogP contribution in [0.15, 0.2) is 48.5 Å². The number of rotatable bonds is 7. The fourth-order valence-corrected chi connectivity index (χ4v) is 2.26. The minimum atomic E-state index is -0.834. The molecule has 2 rings (SSSR count). The summed E-state index contributed by atoms with van der Waals surface area (Å²) in [6, 6.07) is 13.2. The van der Waals surface area contributed by atoms with E-state index in [-0.39, 0.29) is 22.9 Å². The Bertz CT molecular complexity index is 808. The number of benzene rings is 2. The van der Waals surface area contributed by atoms with E-state index >= 15 is 0 Å². The maximum Gasteiger partial charge on any atom is 0.338 e. The van der Waals surface area contributed by atoms with Crippen LogP contribution < -0.4 is 11.1 Å². The molecule has 0 aliphatic heterocycles. The first-order chi connectivity index (χ1) is 12.4. The number of ether oxygens (including phenoxy) is 1. The zero-order chi connectivity index (χ0) is 19.1. The number of hydrogen-bond donors (Lipinski definition) is 2. The zero-order valence-electron chi connectivity index (χ0n) is 14.2. The molecule has 2 aromatic rings. The lowest BCUT2D eigenvalue weighted by Crippen LogP contribution is -2.31. The van der Waals surface area contributed by atoms with Crippen LogP contribution in [0.1, 0.15) is 28.8 Å². The number of nitrogen functional groups attached to an aromatic ring is 1. The van der Waals surface area contributed by atoms with Gasteiger partial charge in [0.05, 0.1) is 10.5 Å². The number of anilines is 1. The molecule has 3 N–H and O–H groups in total. The molecule has 1 amide bonds. The van der Waals surface area contributed by atoms with Gasteiger partial charge < -0.3 is 15.8 Å². The lowest BCUT2D eigenvalue weighted by molar-refractivity contribution is -0.383. The number of esters is 1. The van der Waals surface area contributed by atoms with E-state index in [1.807, 2.05) is 37.3 Å². The summed E-state index contributed by atoms with van der Waals surface area (Å²) in [4.78, 5) is 33.9. The third-order valence-corrected chi connectivity index (χ3v) is 3.77. The molecule has 0 aliphatic rings. The van der Waals surface area contributed by atoms with Gasteiger partial charge in [0.25, 0.3) is 11.6 Å². The molecule has 1 atom stereocenters. The molecule has 2 aromatic carbocycles. The van der Waals surface area contributed by atoms with Crippen LogP contribution in [0, 0.1) is 10.1 Å². The van der Waals surface area contributed by atoms with E-state index in [1.54, 1.807) is 0 Å². The maximum atomic E-state index is 11.9. The Balaban J connectivity index is 1.84. The summed E-state index contributed by atoms with van der Waals surface area (Å²) in [5.41, 5.74) is 6.06. The van der Waals surface area contributed by atoms with Crippen molar-refractivity contribution in [2.45, 2.75) is 12.8 Å². The number of amides is 1. The molecule has 0 bridgehead atoms. The predicted octanol–water partition coefficient (Wildman–Crippen LogP) is 2.25. The van der Waals surface area contributed by atoms with Crippen LogP contribution in [0.4, 0.5) is 11.4 Å². The van der Waals surface area contributed by atoms with E-state index < -0.39 is 23.4 Å². The van der Waals surface area contributed by atoms with E-state index in [1.165, 1.54) is 12.1 Å². The molecule has 26 heavy (non-hydrogen) atoms. The third-order valence-electron chi connectivity index (χ3n) is 3.77. The van der Waals surface area contributed by atoms with Gasteiger partial charge in [0.2, 0.25) is 0 Å². The Morgan fingerprint density at radius 1 is 1.23 bits per heavy atom. The van der Waals surface area contributed by atoms with Crippen molar-refractivity contribution >= 4 is 23.3 Å². The van der Waals surface area contributed by atoms with Crippen molar-refractivity contribution < 1.29 is 19.2 Å². The molecule has 0 heterocycles. The second-order valence-electron chi connectivity index (χ2n) is 5.72. The van der Waals surface area contributed by atoms with Gasteiger partial charge in [-0.3, -0.25) is 14.9 Å². The van der Waals surface area contributed by atoms with E-state index in [9.17, 15) is 19.7 Å². The first-order valence-electron chi connectivity index (χ1n) is 7.91. The molecule has 0 spiro atoms. The summed E-state index contributed by atoms with van der Waals surface area (Å²) in [6.07, 6.45) is 0. The fraction of sp³-hybridized carbons (Fsp3) is 0.222. The Hall–Kier alpha value is -3.42. The van der Waals surface area contributed by atoms with Crippen molar-refractivity contribution in [2.75, 3.05) is 18.9 Å². The van der Waals surface area contributed by atoms with Crippen LogP contribution in [0.2, 0.25) is 0 Å². The van der Waals surface area contributed by atoms with Gasteiger partial charge in [-0.25, -0.2) is 4.79 Å². The molecular weight excluding hydrogens is 338 g/mol. The minimum Gasteiger partial charge on any atom is -0.452 e. The summed E-state index contributed by atoms with van der Waals surface area (Å²) in [5, 5.41) is 13.5. The predicted molar refractivity (Wildman–Crippen MR) is 95.7 cm³/mol. The highest BCUT2D eigenvalue weighted by molar-refractivity contribution is 5.92. The first-order valence-corrected chi connectivity index (χ1v) is 7.91.